The molecular formula is C17H14F3N3O2. The highest BCUT2D eigenvalue weighted by atomic mass is 19.3. The second-order valence-electron chi connectivity index (χ2n) is 5.69. The molecule has 1 amide bonds. The normalized spacial score (nSPS) is 15.7. The fraction of sp³-hybridized carbons (Fsp3) is 0.294. The van der Waals surface area contributed by atoms with Crippen LogP contribution in [0.3, 0.4) is 0 Å². The molecule has 0 radical (unpaired) electrons. The summed E-state index contributed by atoms with van der Waals surface area (Å²) in [6.45, 7) is 0.150. The van der Waals surface area contributed by atoms with Crippen LogP contribution in [-0.2, 0) is 5.92 Å². The van der Waals surface area contributed by atoms with E-state index in [1.807, 2.05) is 0 Å². The van der Waals surface area contributed by atoms with Gasteiger partial charge in [0.1, 0.15) is 23.8 Å². The lowest BCUT2D eigenvalue weighted by atomic mass is 10.1. The Morgan fingerprint density at radius 1 is 1.48 bits per heavy atom. The predicted octanol–water partition coefficient (Wildman–Crippen LogP) is 2.41. The van der Waals surface area contributed by atoms with Gasteiger partial charge in [0.05, 0.1) is 0 Å². The van der Waals surface area contributed by atoms with E-state index in [1.165, 1.54) is 12.1 Å². The largest absolute Gasteiger partial charge is 0.485 e. The molecule has 8 heteroatoms. The Morgan fingerprint density at radius 3 is 2.92 bits per heavy atom. The Morgan fingerprint density at radius 2 is 2.24 bits per heavy atom. The highest BCUT2D eigenvalue weighted by Crippen LogP contribution is 2.37. The van der Waals surface area contributed by atoms with Crippen LogP contribution in [0.1, 0.15) is 28.7 Å². The minimum atomic E-state index is -3.35. The summed E-state index contributed by atoms with van der Waals surface area (Å²) < 4.78 is 47.2. The van der Waals surface area contributed by atoms with Crippen molar-refractivity contribution in [2.45, 2.75) is 12.8 Å². The van der Waals surface area contributed by atoms with Crippen LogP contribution in [0.4, 0.5) is 13.2 Å². The van der Waals surface area contributed by atoms with Crippen molar-refractivity contribution in [3.05, 3.63) is 41.2 Å². The van der Waals surface area contributed by atoms with Crippen molar-refractivity contribution in [2.75, 3.05) is 13.3 Å². The first-order valence-electron chi connectivity index (χ1n) is 7.44. The van der Waals surface area contributed by atoms with Crippen molar-refractivity contribution in [1.29, 1.82) is 0 Å². The number of carbonyl (C=O) groups excluding carboxylic acids is 1. The summed E-state index contributed by atoms with van der Waals surface area (Å²) in [7, 11) is 0. The number of hydrogen-bond acceptors (Lipinski definition) is 3. The predicted molar refractivity (Wildman–Crippen MR) is 83.5 cm³/mol. The fourth-order valence-corrected chi connectivity index (χ4v) is 2.32. The second kappa shape index (κ2) is 6.16. The first-order chi connectivity index (χ1) is 11.8. The molecule has 1 aliphatic heterocycles. The van der Waals surface area contributed by atoms with E-state index in [9.17, 15) is 18.0 Å². The molecule has 2 heterocycles. The van der Waals surface area contributed by atoms with Gasteiger partial charge in [-0.2, -0.15) is 13.9 Å². The molecule has 0 bridgehead atoms. The number of hydrogen-bond donors (Lipinski definition) is 1. The number of benzene rings is 1. The minimum Gasteiger partial charge on any atom is -0.485 e. The quantitative estimate of drug-likeness (QED) is 0.847. The van der Waals surface area contributed by atoms with Crippen LogP contribution in [0.5, 0.6) is 5.75 Å². The molecule has 0 spiro atoms. The van der Waals surface area contributed by atoms with E-state index in [0.717, 1.165) is 10.7 Å². The molecule has 2 N–H and O–H groups in total. The van der Waals surface area contributed by atoms with Crippen LogP contribution in [0.15, 0.2) is 24.3 Å². The molecule has 5 nitrogen and oxygen atoms in total. The molecule has 0 saturated carbocycles. The molecule has 0 aliphatic carbocycles. The molecule has 25 heavy (non-hydrogen) atoms. The van der Waals surface area contributed by atoms with Crippen molar-refractivity contribution in [3.8, 4) is 23.3 Å². The fourth-order valence-electron chi connectivity index (χ4n) is 2.32. The molecule has 130 valence electrons. The van der Waals surface area contributed by atoms with E-state index in [0.29, 0.717) is 5.56 Å². The van der Waals surface area contributed by atoms with Crippen LogP contribution in [0, 0.1) is 17.8 Å². The van der Waals surface area contributed by atoms with Gasteiger partial charge < -0.3 is 10.5 Å². The standard InChI is InChI=1S/C17H14F3N3O2/c1-10(8-18)2-3-11-4-5-14-13(6-11)23-15(17(19,20)9-25-14)7-12(22-23)16(21)24/h4-7,10H,8-9H2,1H3,(H2,21,24). The molecule has 1 aliphatic rings. The van der Waals surface area contributed by atoms with Crippen LogP contribution >= 0.6 is 0 Å². The van der Waals surface area contributed by atoms with Gasteiger partial charge in [0.15, 0.2) is 12.3 Å². The maximum absolute atomic E-state index is 14.3. The lowest BCUT2D eigenvalue weighted by Crippen LogP contribution is -2.23. The Hall–Kier alpha value is -2.95. The molecule has 1 aromatic carbocycles. The van der Waals surface area contributed by atoms with Gasteiger partial charge in [-0.3, -0.25) is 4.79 Å². The van der Waals surface area contributed by atoms with E-state index in [1.54, 1.807) is 13.0 Å². The summed E-state index contributed by atoms with van der Waals surface area (Å²) >= 11 is 0. The smallest absolute Gasteiger partial charge is 0.323 e. The number of nitrogens with zero attached hydrogens (tertiary/aromatic N) is 2. The van der Waals surface area contributed by atoms with Crippen molar-refractivity contribution in [3.63, 3.8) is 0 Å². The SMILES string of the molecule is CC(C#Cc1ccc2c(c1)-n1nc(C(N)=O)cc1C(F)(F)CO2)CF. The molecule has 0 fully saturated rings. The summed E-state index contributed by atoms with van der Waals surface area (Å²) in [6, 6.07) is 5.51. The molecule has 0 saturated heterocycles. The summed E-state index contributed by atoms with van der Waals surface area (Å²) in [5.41, 5.74) is 5.07. The van der Waals surface area contributed by atoms with Crippen LogP contribution in [0.25, 0.3) is 5.69 Å². The average molecular weight is 349 g/mol. The number of primary amides is 1. The number of fused-ring (bicyclic) bond motifs is 3. The summed E-state index contributed by atoms with van der Waals surface area (Å²) in [5, 5.41) is 3.87. The minimum absolute atomic E-state index is 0.168. The Kier molecular flexibility index (Phi) is 4.17. The average Bonchev–Trinajstić information content (AvgIpc) is 3.01. The third-order valence-electron chi connectivity index (χ3n) is 3.63. The molecule has 1 aromatic heterocycles. The molecule has 1 unspecified atom stereocenters. The number of nitrogens with two attached hydrogens (primary N) is 1. The number of halogens is 3. The van der Waals surface area contributed by atoms with E-state index in [2.05, 4.69) is 16.9 Å². The van der Waals surface area contributed by atoms with Gasteiger partial charge in [-0.25, -0.2) is 9.07 Å². The first-order valence-corrected chi connectivity index (χ1v) is 7.44. The van der Waals surface area contributed by atoms with Gasteiger partial charge in [-0.05, 0) is 31.2 Å². The Bertz CT molecular complexity index is 896. The van der Waals surface area contributed by atoms with Crippen molar-refractivity contribution in [2.24, 2.45) is 11.7 Å². The number of ether oxygens (including phenoxy) is 1. The van der Waals surface area contributed by atoms with E-state index >= 15 is 0 Å². The topological polar surface area (TPSA) is 70.1 Å². The van der Waals surface area contributed by atoms with Gasteiger partial charge in [0.2, 0.25) is 0 Å². The van der Waals surface area contributed by atoms with Crippen molar-refractivity contribution < 1.29 is 22.7 Å². The first kappa shape index (κ1) is 16.9. The van der Waals surface area contributed by atoms with Crippen molar-refractivity contribution in [1.82, 2.24) is 9.78 Å². The lowest BCUT2D eigenvalue weighted by Gasteiger charge is -2.12. The Labute approximate surface area is 141 Å². The van der Waals surface area contributed by atoms with Gasteiger partial charge in [0, 0.05) is 11.5 Å². The lowest BCUT2D eigenvalue weighted by molar-refractivity contribution is -0.0487. The van der Waals surface area contributed by atoms with Crippen LogP contribution in [0.2, 0.25) is 0 Å². The van der Waals surface area contributed by atoms with Gasteiger partial charge in [0.25, 0.3) is 5.91 Å². The van der Waals surface area contributed by atoms with Crippen LogP contribution < -0.4 is 10.5 Å². The van der Waals surface area contributed by atoms with Gasteiger partial charge in [-0.1, -0.05) is 11.8 Å². The van der Waals surface area contributed by atoms with Crippen LogP contribution in [-0.4, -0.2) is 29.0 Å². The zero-order valence-electron chi connectivity index (χ0n) is 13.2. The maximum Gasteiger partial charge on any atom is 0.323 e. The molecule has 2 aromatic rings. The highest BCUT2D eigenvalue weighted by Gasteiger charge is 2.41. The van der Waals surface area contributed by atoms with Gasteiger partial charge in [-0.15, -0.1) is 0 Å². The summed E-state index contributed by atoms with van der Waals surface area (Å²) in [4.78, 5) is 11.3. The number of aromatic nitrogens is 2. The number of rotatable bonds is 2. The number of carbonyl (C=O) groups is 1. The summed E-state index contributed by atoms with van der Waals surface area (Å²) in [5.74, 6) is 0.959. The monoisotopic (exact) mass is 349 g/mol. The number of alkyl halides is 3. The maximum atomic E-state index is 14.3. The van der Waals surface area contributed by atoms with E-state index in [-0.39, 0.29) is 17.1 Å². The van der Waals surface area contributed by atoms with Crippen molar-refractivity contribution >= 4 is 5.91 Å². The van der Waals surface area contributed by atoms with Gasteiger partial charge >= 0.3 is 5.92 Å². The zero-order chi connectivity index (χ0) is 18.2. The Balaban J connectivity index is 2.15. The summed E-state index contributed by atoms with van der Waals surface area (Å²) in [6.07, 6.45) is 0. The number of amides is 1. The third-order valence-corrected chi connectivity index (χ3v) is 3.63. The molecule has 1 atom stereocenters. The van der Waals surface area contributed by atoms with E-state index < -0.39 is 36.7 Å². The molecule has 3 rings (SSSR count). The van der Waals surface area contributed by atoms with E-state index in [4.69, 9.17) is 10.5 Å². The third kappa shape index (κ3) is 3.18. The second-order valence-corrected chi connectivity index (χ2v) is 5.69. The highest BCUT2D eigenvalue weighted by molar-refractivity contribution is 5.91. The molecular weight excluding hydrogens is 335 g/mol. The zero-order valence-corrected chi connectivity index (χ0v) is 13.2.